The highest BCUT2D eigenvalue weighted by Crippen LogP contribution is 2.63. The van der Waals surface area contributed by atoms with Gasteiger partial charge < -0.3 is 10.2 Å². The van der Waals surface area contributed by atoms with E-state index in [0.29, 0.717) is 24.3 Å². The zero-order valence-corrected chi connectivity index (χ0v) is 18.6. The molecule has 0 fully saturated rings. The van der Waals surface area contributed by atoms with E-state index in [0.717, 1.165) is 0 Å². The molecule has 4 aromatic rings. The predicted octanol–water partition coefficient (Wildman–Crippen LogP) is 7.17. The van der Waals surface area contributed by atoms with Crippen molar-refractivity contribution in [1.82, 2.24) is 0 Å². The number of alkyl halides is 10. The van der Waals surface area contributed by atoms with E-state index in [1.807, 2.05) is 0 Å². The fourth-order valence-corrected chi connectivity index (χ4v) is 5.05. The van der Waals surface area contributed by atoms with E-state index in [2.05, 4.69) is 0 Å². The normalized spacial score (nSPS) is 22.4. The molecule has 0 heterocycles. The van der Waals surface area contributed by atoms with Crippen molar-refractivity contribution in [2.45, 2.75) is 35.4 Å². The van der Waals surface area contributed by atoms with Crippen LogP contribution >= 0.6 is 0 Å². The van der Waals surface area contributed by atoms with Crippen molar-refractivity contribution < 1.29 is 54.1 Å². The number of fused-ring (bicyclic) bond motifs is 4. The van der Waals surface area contributed by atoms with Gasteiger partial charge in [0.25, 0.3) is 0 Å². The number of hydrogen-bond donors (Lipinski definition) is 2. The summed E-state index contributed by atoms with van der Waals surface area (Å²) in [5.41, 5.74) is -15.6. The molecule has 0 unspecified atom stereocenters. The van der Waals surface area contributed by atoms with Gasteiger partial charge in [-0.15, -0.1) is 0 Å². The fourth-order valence-electron chi connectivity index (χ4n) is 5.05. The summed E-state index contributed by atoms with van der Waals surface area (Å²) in [4.78, 5) is 0. The van der Waals surface area contributed by atoms with Crippen molar-refractivity contribution in [1.29, 1.82) is 0 Å². The molecular formula is C26H14F10O2. The smallest absolute Gasteiger partial charge is 0.374 e. The lowest BCUT2D eigenvalue weighted by Gasteiger charge is -2.49. The van der Waals surface area contributed by atoms with Crippen molar-refractivity contribution in [3.8, 4) is 0 Å². The minimum absolute atomic E-state index is 0.162. The zero-order valence-electron chi connectivity index (χ0n) is 18.6. The van der Waals surface area contributed by atoms with Crippen LogP contribution in [0, 0.1) is 0 Å². The molecule has 0 saturated heterocycles. The molecule has 1 aliphatic carbocycles. The molecule has 0 amide bonds. The molecule has 200 valence electrons. The molecule has 2 nitrogen and oxygen atoms in total. The number of benzene rings is 4. The maximum absolute atomic E-state index is 15.3. The van der Waals surface area contributed by atoms with Gasteiger partial charge in [-0.25, -0.2) is 0 Å². The van der Waals surface area contributed by atoms with Crippen LogP contribution in [-0.4, -0.2) is 34.4 Å². The van der Waals surface area contributed by atoms with Gasteiger partial charge in [0.05, 0.1) is 0 Å². The van der Waals surface area contributed by atoms with E-state index < -0.39 is 57.7 Å². The SMILES string of the molecule is OC1(C(F)(F)C(F)(F)F)c2cc3ccccc3cc2C(O)(C(F)(F)C(F)(F)F)c2cc3ccccc3cc21. The maximum atomic E-state index is 15.3. The van der Waals surface area contributed by atoms with Crippen LogP contribution in [0.2, 0.25) is 0 Å². The largest absolute Gasteiger partial charge is 0.457 e. The lowest BCUT2D eigenvalue weighted by molar-refractivity contribution is -0.348. The van der Waals surface area contributed by atoms with Gasteiger partial charge in [-0.3, -0.25) is 0 Å². The molecule has 4 aromatic carbocycles. The maximum Gasteiger partial charge on any atom is 0.457 e. The van der Waals surface area contributed by atoms with Crippen LogP contribution in [0.4, 0.5) is 43.9 Å². The van der Waals surface area contributed by atoms with Gasteiger partial charge in [0.1, 0.15) is 0 Å². The first kappa shape index (κ1) is 26.2. The highest BCUT2D eigenvalue weighted by atomic mass is 19.4. The third kappa shape index (κ3) is 3.10. The standard InChI is InChI=1S/C26H14F10O2/c27-23(28,25(31,32)33)21(37)17-9-13-5-1-2-6-14(13)10-18(17)22(38,24(29,30)26(34,35)36)20-12-16-8-4-3-7-15(16)11-19(20)21/h1-12,37-38H. The van der Waals surface area contributed by atoms with E-state index in [9.17, 15) is 36.6 Å². The summed E-state index contributed by atoms with van der Waals surface area (Å²) in [7, 11) is 0. The Labute approximate surface area is 206 Å². The summed E-state index contributed by atoms with van der Waals surface area (Å²) in [5.74, 6) is -12.2. The number of halogens is 10. The summed E-state index contributed by atoms with van der Waals surface area (Å²) in [6.07, 6.45) is -13.0. The number of aliphatic hydroxyl groups is 2. The molecule has 0 spiro atoms. The molecule has 0 aromatic heterocycles. The molecule has 0 radical (unpaired) electrons. The first-order valence-corrected chi connectivity index (χ1v) is 10.8. The third-order valence-electron chi connectivity index (χ3n) is 6.95. The van der Waals surface area contributed by atoms with Gasteiger partial charge in [0.2, 0.25) is 0 Å². The average molecular weight is 548 g/mol. The van der Waals surface area contributed by atoms with Gasteiger partial charge >= 0.3 is 24.2 Å². The van der Waals surface area contributed by atoms with Crippen LogP contribution in [0.3, 0.4) is 0 Å². The zero-order chi connectivity index (χ0) is 28.1. The fraction of sp³-hybridized carbons (Fsp3) is 0.231. The second-order valence-corrected chi connectivity index (χ2v) is 9.06. The van der Waals surface area contributed by atoms with Gasteiger partial charge in [0, 0.05) is 22.3 Å². The highest BCUT2D eigenvalue weighted by molar-refractivity contribution is 5.89. The first-order chi connectivity index (χ1) is 17.4. The van der Waals surface area contributed by atoms with Crippen molar-refractivity contribution in [2.75, 3.05) is 0 Å². The topological polar surface area (TPSA) is 40.5 Å². The molecule has 12 heteroatoms. The van der Waals surface area contributed by atoms with Gasteiger partial charge in [0.15, 0.2) is 11.2 Å². The Morgan fingerprint density at radius 1 is 0.421 bits per heavy atom. The van der Waals surface area contributed by atoms with Crippen LogP contribution < -0.4 is 0 Å². The van der Waals surface area contributed by atoms with Gasteiger partial charge in [-0.2, -0.15) is 43.9 Å². The van der Waals surface area contributed by atoms with Crippen LogP contribution in [0.15, 0.2) is 72.8 Å². The number of rotatable bonds is 2. The van der Waals surface area contributed by atoms with E-state index in [-0.39, 0.29) is 21.5 Å². The summed E-state index contributed by atoms with van der Waals surface area (Å²) in [6.45, 7) is 0. The summed E-state index contributed by atoms with van der Waals surface area (Å²) < 4.78 is 144. The molecular weight excluding hydrogens is 534 g/mol. The van der Waals surface area contributed by atoms with Crippen molar-refractivity contribution >= 4 is 21.5 Å². The van der Waals surface area contributed by atoms with Gasteiger partial charge in [-0.05, 0) is 45.8 Å². The van der Waals surface area contributed by atoms with E-state index >= 15 is 17.6 Å². The minimum atomic E-state index is -6.49. The summed E-state index contributed by atoms with van der Waals surface area (Å²) in [5, 5.41) is 22.1. The Bertz CT molecular complexity index is 1380. The van der Waals surface area contributed by atoms with Crippen molar-refractivity contribution in [2.24, 2.45) is 0 Å². The monoisotopic (exact) mass is 548 g/mol. The molecule has 0 bridgehead atoms. The summed E-state index contributed by atoms with van der Waals surface area (Å²) >= 11 is 0. The highest BCUT2D eigenvalue weighted by Gasteiger charge is 2.79. The van der Waals surface area contributed by atoms with Crippen LogP contribution in [0.25, 0.3) is 21.5 Å². The Hall–Kier alpha value is -3.38. The van der Waals surface area contributed by atoms with E-state index in [1.165, 1.54) is 48.5 Å². The molecule has 1 aliphatic rings. The lowest BCUT2D eigenvalue weighted by Crippen LogP contribution is -2.63. The van der Waals surface area contributed by atoms with E-state index in [1.54, 1.807) is 0 Å². The Kier molecular flexibility index (Phi) is 5.25. The van der Waals surface area contributed by atoms with Crippen LogP contribution in [0.5, 0.6) is 0 Å². The van der Waals surface area contributed by atoms with Gasteiger partial charge in [-0.1, -0.05) is 48.5 Å². The lowest BCUT2D eigenvalue weighted by atomic mass is 9.62. The Morgan fingerprint density at radius 2 is 0.632 bits per heavy atom. The summed E-state index contributed by atoms with van der Waals surface area (Å²) in [6, 6.07) is 11.7. The van der Waals surface area contributed by atoms with Crippen LogP contribution in [0.1, 0.15) is 22.3 Å². The first-order valence-electron chi connectivity index (χ1n) is 10.8. The Balaban J connectivity index is 2.07. The van der Waals surface area contributed by atoms with Crippen LogP contribution in [-0.2, 0) is 11.2 Å². The molecule has 0 aliphatic heterocycles. The predicted molar refractivity (Wildman–Crippen MR) is 116 cm³/mol. The quantitative estimate of drug-likeness (QED) is 0.261. The Morgan fingerprint density at radius 3 is 0.816 bits per heavy atom. The molecule has 0 saturated carbocycles. The molecule has 5 rings (SSSR count). The van der Waals surface area contributed by atoms with Crippen molar-refractivity contribution in [3.63, 3.8) is 0 Å². The second kappa shape index (κ2) is 7.60. The minimum Gasteiger partial charge on any atom is -0.374 e. The molecule has 0 atom stereocenters. The second-order valence-electron chi connectivity index (χ2n) is 9.06. The van der Waals surface area contributed by atoms with E-state index in [4.69, 9.17) is 0 Å². The third-order valence-corrected chi connectivity index (χ3v) is 6.95. The molecule has 38 heavy (non-hydrogen) atoms. The average Bonchev–Trinajstić information content (AvgIpc) is 2.84. The van der Waals surface area contributed by atoms with Crippen molar-refractivity contribution in [3.05, 3.63) is 95.1 Å². The number of hydrogen-bond acceptors (Lipinski definition) is 2. The molecule has 2 N–H and O–H groups in total.